The van der Waals surface area contributed by atoms with Crippen molar-refractivity contribution >= 4 is 12.0 Å². The van der Waals surface area contributed by atoms with Crippen LogP contribution in [0.1, 0.15) is 12.0 Å². The third-order valence-electron chi connectivity index (χ3n) is 4.82. The molecule has 0 radical (unpaired) electrons. The van der Waals surface area contributed by atoms with Gasteiger partial charge in [-0.1, -0.05) is 12.1 Å². The Balaban J connectivity index is 1.48. The normalized spacial score (nSPS) is 20.4. The Morgan fingerprint density at radius 1 is 1.33 bits per heavy atom. The number of amides is 2. The predicted octanol–water partition coefficient (Wildman–Crippen LogP) is 0.855. The number of carbonyl (C=O) groups is 2. The number of methoxy groups -OCH3 is 1. The molecule has 0 bridgehead atoms. The Morgan fingerprint density at radius 2 is 2.15 bits per heavy atom. The lowest BCUT2D eigenvalue weighted by molar-refractivity contribution is -0.125. The van der Waals surface area contributed by atoms with E-state index >= 15 is 0 Å². The minimum Gasteiger partial charge on any atom is -0.497 e. The number of cyclic esters (lactones) is 1. The second kappa shape index (κ2) is 9.57. The highest BCUT2D eigenvalue weighted by Gasteiger charge is 2.37. The fraction of sp³-hybridized carbons (Fsp3) is 0.579. The van der Waals surface area contributed by atoms with E-state index in [0.29, 0.717) is 18.8 Å². The lowest BCUT2D eigenvalue weighted by Crippen LogP contribution is -2.46. The molecule has 3 rings (SSSR count). The molecule has 1 N–H and O–H groups in total. The Bertz CT molecular complexity index is 648. The van der Waals surface area contributed by atoms with Gasteiger partial charge in [0.25, 0.3) is 0 Å². The average molecular weight is 377 g/mol. The van der Waals surface area contributed by atoms with Crippen molar-refractivity contribution in [1.82, 2.24) is 15.1 Å². The van der Waals surface area contributed by atoms with E-state index in [1.165, 1.54) is 4.90 Å². The number of ether oxygens (including phenoxy) is 3. The largest absolute Gasteiger partial charge is 0.497 e. The topological polar surface area (TPSA) is 80.3 Å². The molecule has 148 valence electrons. The summed E-state index contributed by atoms with van der Waals surface area (Å²) in [6, 6.07) is 6.83. The third kappa shape index (κ3) is 5.33. The summed E-state index contributed by atoms with van der Waals surface area (Å²) in [4.78, 5) is 28.4. The maximum Gasteiger partial charge on any atom is 0.410 e. The molecule has 1 aromatic rings. The lowest BCUT2D eigenvalue weighted by atomic mass is 10.1. The van der Waals surface area contributed by atoms with Gasteiger partial charge in [0.05, 0.1) is 26.9 Å². The fourth-order valence-corrected chi connectivity index (χ4v) is 3.27. The first-order valence-corrected chi connectivity index (χ1v) is 9.31. The summed E-state index contributed by atoms with van der Waals surface area (Å²) in [5, 5.41) is 2.93. The Hall–Kier alpha value is -2.32. The summed E-state index contributed by atoms with van der Waals surface area (Å²) in [7, 11) is 1.59. The molecule has 8 nitrogen and oxygen atoms in total. The molecule has 2 saturated heterocycles. The zero-order chi connectivity index (χ0) is 19.1. The SMILES string of the molecule is COc1cccc(CN2C(=O)OC[C@H]2C(=O)NCCCN2CCOCC2)c1. The molecule has 0 aromatic heterocycles. The highest BCUT2D eigenvalue weighted by atomic mass is 16.6. The summed E-state index contributed by atoms with van der Waals surface area (Å²) in [5.74, 6) is 0.537. The predicted molar refractivity (Wildman–Crippen MR) is 98.6 cm³/mol. The molecule has 0 spiro atoms. The van der Waals surface area contributed by atoms with Gasteiger partial charge in [0.2, 0.25) is 5.91 Å². The van der Waals surface area contributed by atoms with Gasteiger partial charge < -0.3 is 19.5 Å². The molecule has 1 aromatic carbocycles. The maximum absolute atomic E-state index is 12.5. The van der Waals surface area contributed by atoms with Gasteiger partial charge in [0.15, 0.2) is 0 Å². The van der Waals surface area contributed by atoms with Crippen molar-refractivity contribution in [2.45, 2.75) is 19.0 Å². The lowest BCUT2D eigenvalue weighted by Gasteiger charge is -2.26. The van der Waals surface area contributed by atoms with Gasteiger partial charge in [0, 0.05) is 19.6 Å². The Labute approximate surface area is 159 Å². The minimum absolute atomic E-state index is 0.0814. The number of carbonyl (C=O) groups excluding carboxylic acids is 2. The first-order chi connectivity index (χ1) is 13.2. The van der Waals surface area contributed by atoms with Gasteiger partial charge in [-0.2, -0.15) is 0 Å². The molecule has 0 saturated carbocycles. The molecule has 2 aliphatic heterocycles. The van der Waals surface area contributed by atoms with E-state index in [9.17, 15) is 9.59 Å². The highest BCUT2D eigenvalue weighted by Crippen LogP contribution is 2.19. The van der Waals surface area contributed by atoms with E-state index in [2.05, 4.69) is 10.2 Å². The van der Waals surface area contributed by atoms with Crippen LogP contribution >= 0.6 is 0 Å². The molecule has 0 aliphatic carbocycles. The number of benzene rings is 1. The highest BCUT2D eigenvalue weighted by molar-refractivity contribution is 5.87. The molecular weight excluding hydrogens is 350 g/mol. The second-order valence-corrected chi connectivity index (χ2v) is 6.67. The smallest absolute Gasteiger partial charge is 0.410 e. The summed E-state index contributed by atoms with van der Waals surface area (Å²) >= 11 is 0. The summed E-state index contributed by atoms with van der Waals surface area (Å²) < 4.78 is 15.6. The van der Waals surface area contributed by atoms with Gasteiger partial charge in [-0.25, -0.2) is 4.79 Å². The number of morpholine rings is 1. The van der Waals surface area contributed by atoms with Gasteiger partial charge >= 0.3 is 6.09 Å². The molecule has 2 heterocycles. The zero-order valence-corrected chi connectivity index (χ0v) is 15.7. The van der Waals surface area contributed by atoms with E-state index in [1.807, 2.05) is 24.3 Å². The van der Waals surface area contributed by atoms with Crippen molar-refractivity contribution in [2.24, 2.45) is 0 Å². The Morgan fingerprint density at radius 3 is 2.93 bits per heavy atom. The van der Waals surface area contributed by atoms with Crippen LogP contribution < -0.4 is 10.1 Å². The maximum atomic E-state index is 12.5. The van der Waals surface area contributed by atoms with Crippen LogP contribution in [0.15, 0.2) is 24.3 Å². The summed E-state index contributed by atoms with van der Waals surface area (Å²) in [5.41, 5.74) is 0.887. The molecule has 0 unspecified atom stereocenters. The second-order valence-electron chi connectivity index (χ2n) is 6.67. The molecule has 8 heteroatoms. The van der Waals surface area contributed by atoms with Crippen LogP contribution in [0.25, 0.3) is 0 Å². The molecular formula is C19H27N3O5. The van der Waals surface area contributed by atoms with Crippen LogP contribution in [0.4, 0.5) is 4.79 Å². The number of hydrogen-bond acceptors (Lipinski definition) is 6. The van der Waals surface area contributed by atoms with Gasteiger partial charge in [0.1, 0.15) is 18.4 Å². The minimum atomic E-state index is -0.605. The fourth-order valence-electron chi connectivity index (χ4n) is 3.27. The van der Waals surface area contributed by atoms with Crippen LogP contribution in [0.5, 0.6) is 5.75 Å². The van der Waals surface area contributed by atoms with Crippen molar-refractivity contribution in [3.05, 3.63) is 29.8 Å². The molecule has 2 fully saturated rings. The number of rotatable bonds is 8. The molecule has 1 atom stereocenters. The molecule has 2 aliphatic rings. The van der Waals surface area contributed by atoms with Gasteiger partial charge in [-0.05, 0) is 30.7 Å². The summed E-state index contributed by atoms with van der Waals surface area (Å²) in [6.07, 6.45) is 0.398. The van der Waals surface area contributed by atoms with Crippen molar-refractivity contribution < 1.29 is 23.8 Å². The van der Waals surface area contributed by atoms with Crippen molar-refractivity contribution in [2.75, 3.05) is 53.1 Å². The average Bonchev–Trinajstić information content (AvgIpc) is 3.06. The van der Waals surface area contributed by atoms with Crippen LogP contribution in [0.2, 0.25) is 0 Å². The first-order valence-electron chi connectivity index (χ1n) is 9.31. The standard InChI is InChI=1S/C19H27N3O5/c1-25-16-5-2-4-15(12-16)13-22-17(14-27-19(22)24)18(23)20-6-3-7-21-8-10-26-11-9-21/h2,4-5,12,17H,3,6-11,13-14H2,1H3,(H,20,23)/t17-/m0/s1. The van der Waals surface area contributed by atoms with Crippen LogP contribution in [0, 0.1) is 0 Å². The van der Waals surface area contributed by atoms with Crippen LogP contribution in [0.3, 0.4) is 0 Å². The van der Waals surface area contributed by atoms with Gasteiger partial charge in [-0.15, -0.1) is 0 Å². The zero-order valence-electron chi connectivity index (χ0n) is 15.7. The number of hydrogen-bond donors (Lipinski definition) is 1. The van der Waals surface area contributed by atoms with Crippen LogP contribution in [-0.2, 0) is 20.8 Å². The quantitative estimate of drug-likeness (QED) is 0.677. The molecule has 27 heavy (non-hydrogen) atoms. The van der Waals surface area contributed by atoms with Crippen molar-refractivity contribution in [3.8, 4) is 5.75 Å². The third-order valence-corrected chi connectivity index (χ3v) is 4.82. The van der Waals surface area contributed by atoms with Crippen LogP contribution in [-0.4, -0.2) is 81.0 Å². The van der Waals surface area contributed by atoms with E-state index in [4.69, 9.17) is 14.2 Å². The van der Waals surface area contributed by atoms with Gasteiger partial charge in [-0.3, -0.25) is 14.6 Å². The number of nitrogens with zero attached hydrogens (tertiary/aromatic N) is 2. The summed E-state index contributed by atoms with van der Waals surface area (Å²) in [6.45, 7) is 5.31. The molecule has 2 amide bonds. The van der Waals surface area contributed by atoms with Crippen molar-refractivity contribution in [1.29, 1.82) is 0 Å². The monoisotopic (exact) mass is 377 g/mol. The van der Waals surface area contributed by atoms with Crippen molar-refractivity contribution in [3.63, 3.8) is 0 Å². The van der Waals surface area contributed by atoms with E-state index < -0.39 is 12.1 Å². The van der Waals surface area contributed by atoms with E-state index in [0.717, 1.165) is 44.8 Å². The van der Waals surface area contributed by atoms with E-state index in [-0.39, 0.29) is 12.5 Å². The Kier molecular flexibility index (Phi) is 6.89. The van der Waals surface area contributed by atoms with E-state index in [1.54, 1.807) is 7.11 Å². The number of nitrogens with one attached hydrogen (secondary N) is 1. The first kappa shape index (κ1) is 19.4.